The quantitative estimate of drug-likeness (QED) is 0.587. The number of aryl methyl sites for hydroxylation is 1. The van der Waals surface area contributed by atoms with Crippen LogP contribution in [0.1, 0.15) is 18.9 Å². The smallest absolute Gasteiger partial charge is 0.419 e. The summed E-state index contributed by atoms with van der Waals surface area (Å²) in [4.78, 5) is 37.8. The van der Waals surface area contributed by atoms with Crippen LogP contribution < -0.4 is 10.7 Å². The van der Waals surface area contributed by atoms with E-state index in [-0.39, 0.29) is 31.3 Å². The van der Waals surface area contributed by atoms with Gasteiger partial charge in [0.1, 0.15) is 0 Å². The fraction of sp³-hybridized carbons (Fsp3) is 0.286. The zero-order chi connectivity index (χ0) is 20.1. The predicted molar refractivity (Wildman–Crippen MR) is 105 cm³/mol. The van der Waals surface area contributed by atoms with Gasteiger partial charge in [0.05, 0.1) is 25.0 Å². The summed E-state index contributed by atoms with van der Waals surface area (Å²) in [7, 11) is 1.72. The van der Waals surface area contributed by atoms with Crippen LogP contribution in [0.5, 0.6) is 0 Å². The number of amides is 1. The average molecular weight is 382 g/mol. The molecule has 0 unspecified atom stereocenters. The Labute approximate surface area is 162 Å². The number of oxazole rings is 1. The summed E-state index contributed by atoms with van der Waals surface area (Å²) in [6.45, 7) is 2.21. The number of carbonyl (C=O) groups is 2. The topological polar surface area (TPSA) is 81.7 Å². The molecule has 0 saturated heterocycles. The molecule has 2 aromatic carbocycles. The molecule has 1 heterocycles. The zero-order valence-electron chi connectivity index (χ0n) is 15.9. The van der Waals surface area contributed by atoms with E-state index >= 15 is 0 Å². The molecule has 3 aromatic rings. The number of benzene rings is 2. The maximum Gasteiger partial charge on any atom is 0.419 e. The molecular formula is C21H22N2O5. The molecule has 0 aliphatic rings. The van der Waals surface area contributed by atoms with Crippen LogP contribution >= 0.6 is 0 Å². The van der Waals surface area contributed by atoms with E-state index in [4.69, 9.17) is 9.15 Å². The van der Waals surface area contributed by atoms with Crippen molar-refractivity contribution in [2.24, 2.45) is 0 Å². The maximum absolute atomic E-state index is 12.5. The monoisotopic (exact) mass is 382 g/mol. The molecule has 0 spiro atoms. The molecule has 0 aliphatic carbocycles. The van der Waals surface area contributed by atoms with Gasteiger partial charge in [-0.2, -0.15) is 0 Å². The number of likely N-dealkylation sites (N-methyl/N-ethyl adjacent to an activating group) is 1. The van der Waals surface area contributed by atoms with Gasteiger partial charge >= 0.3 is 11.7 Å². The van der Waals surface area contributed by atoms with Crippen LogP contribution in [0.2, 0.25) is 0 Å². The Morgan fingerprint density at radius 2 is 1.89 bits per heavy atom. The highest BCUT2D eigenvalue weighted by atomic mass is 16.5. The van der Waals surface area contributed by atoms with E-state index < -0.39 is 5.76 Å². The van der Waals surface area contributed by atoms with Gasteiger partial charge in [-0.3, -0.25) is 14.2 Å². The molecule has 3 rings (SSSR count). The van der Waals surface area contributed by atoms with Crippen molar-refractivity contribution < 1.29 is 18.7 Å². The van der Waals surface area contributed by atoms with Crippen molar-refractivity contribution in [2.75, 3.05) is 18.6 Å². The van der Waals surface area contributed by atoms with E-state index in [9.17, 15) is 14.4 Å². The number of esters is 1. The second-order valence-corrected chi connectivity index (χ2v) is 6.34. The van der Waals surface area contributed by atoms with Gasteiger partial charge in [-0.05, 0) is 36.8 Å². The zero-order valence-corrected chi connectivity index (χ0v) is 15.9. The number of rotatable bonds is 7. The van der Waals surface area contributed by atoms with Gasteiger partial charge in [0.2, 0.25) is 5.91 Å². The third-order valence-corrected chi connectivity index (χ3v) is 4.45. The van der Waals surface area contributed by atoms with E-state index in [0.29, 0.717) is 17.7 Å². The van der Waals surface area contributed by atoms with E-state index in [2.05, 4.69) is 0 Å². The molecule has 0 N–H and O–H groups in total. The van der Waals surface area contributed by atoms with Crippen molar-refractivity contribution in [3.05, 3.63) is 64.6 Å². The third kappa shape index (κ3) is 4.31. The Balaban J connectivity index is 1.75. The molecule has 0 saturated carbocycles. The Morgan fingerprint density at radius 1 is 1.14 bits per heavy atom. The molecule has 1 aromatic heterocycles. The minimum absolute atomic E-state index is 0.0744. The van der Waals surface area contributed by atoms with Crippen LogP contribution in [-0.4, -0.2) is 30.1 Å². The van der Waals surface area contributed by atoms with Gasteiger partial charge in [-0.25, -0.2) is 4.79 Å². The number of anilines is 1. The van der Waals surface area contributed by atoms with Crippen molar-refractivity contribution in [3.8, 4) is 0 Å². The molecule has 0 fully saturated rings. The molecule has 0 atom stereocenters. The number of para-hydroxylation sites is 1. The second-order valence-electron chi connectivity index (χ2n) is 6.34. The van der Waals surface area contributed by atoms with Crippen LogP contribution in [0, 0.1) is 0 Å². The van der Waals surface area contributed by atoms with Crippen LogP contribution in [0.4, 0.5) is 5.69 Å². The van der Waals surface area contributed by atoms with Crippen molar-refractivity contribution in [1.29, 1.82) is 0 Å². The number of carbonyl (C=O) groups excluding carboxylic acids is 2. The lowest BCUT2D eigenvalue weighted by atomic mass is 10.1. The predicted octanol–water partition coefficient (Wildman–Crippen LogP) is 2.75. The third-order valence-electron chi connectivity index (χ3n) is 4.45. The molecule has 0 bridgehead atoms. The lowest BCUT2D eigenvalue weighted by molar-refractivity contribution is -0.143. The van der Waals surface area contributed by atoms with Crippen molar-refractivity contribution in [2.45, 2.75) is 26.3 Å². The summed E-state index contributed by atoms with van der Waals surface area (Å²) in [6.07, 6.45) is 0.267. The van der Waals surface area contributed by atoms with Gasteiger partial charge in [-0.15, -0.1) is 0 Å². The summed E-state index contributed by atoms with van der Waals surface area (Å²) >= 11 is 0. The Hall–Kier alpha value is -3.35. The first-order chi connectivity index (χ1) is 13.5. The molecule has 146 valence electrons. The number of ether oxygens (including phenoxy) is 1. The van der Waals surface area contributed by atoms with E-state index in [1.54, 1.807) is 37.1 Å². The Kier molecular flexibility index (Phi) is 5.93. The lowest BCUT2D eigenvalue weighted by Crippen LogP contribution is -2.27. The first kappa shape index (κ1) is 19.4. The fourth-order valence-electron chi connectivity index (χ4n) is 2.96. The molecule has 0 aliphatic heterocycles. The van der Waals surface area contributed by atoms with E-state index in [1.807, 2.05) is 30.3 Å². The minimum Gasteiger partial charge on any atom is -0.466 e. The first-order valence-electron chi connectivity index (χ1n) is 9.09. The first-order valence-corrected chi connectivity index (χ1v) is 9.09. The van der Waals surface area contributed by atoms with Gasteiger partial charge < -0.3 is 14.1 Å². The molecular weight excluding hydrogens is 360 g/mol. The number of nitrogens with zero attached hydrogens (tertiary/aromatic N) is 2. The van der Waals surface area contributed by atoms with Gasteiger partial charge in [0.15, 0.2) is 5.58 Å². The summed E-state index contributed by atoms with van der Waals surface area (Å²) in [6, 6.07) is 14.6. The maximum atomic E-state index is 12.5. The minimum atomic E-state index is -0.538. The largest absolute Gasteiger partial charge is 0.466 e. The standard InChI is InChI=1S/C21H22N2O5/c1-3-27-20(25)11-12-23-17-10-9-15(13-18(17)28-21(23)26)14-19(24)22(2)16-7-5-4-6-8-16/h4-10,13H,3,11-12,14H2,1-2H3. The summed E-state index contributed by atoms with van der Waals surface area (Å²) in [5.74, 6) is -0.978. The fourth-order valence-corrected chi connectivity index (χ4v) is 2.96. The van der Waals surface area contributed by atoms with Crippen molar-refractivity contribution in [3.63, 3.8) is 0 Å². The van der Waals surface area contributed by atoms with Crippen molar-refractivity contribution >= 4 is 28.7 Å². The number of hydrogen-bond acceptors (Lipinski definition) is 5. The molecule has 1 amide bonds. The number of aromatic nitrogens is 1. The van der Waals surface area contributed by atoms with Crippen LogP contribution in [0.3, 0.4) is 0 Å². The van der Waals surface area contributed by atoms with Gasteiger partial charge in [-0.1, -0.05) is 24.3 Å². The summed E-state index contributed by atoms with van der Waals surface area (Å²) in [5, 5.41) is 0. The Bertz CT molecular complexity index is 1040. The van der Waals surface area contributed by atoms with Crippen LogP contribution in [-0.2, 0) is 27.3 Å². The van der Waals surface area contributed by atoms with Gasteiger partial charge in [0.25, 0.3) is 0 Å². The highest BCUT2D eigenvalue weighted by Gasteiger charge is 2.15. The summed E-state index contributed by atoms with van der Waals surface area (Å²) in [5.41, 5.74) is 2.53. The SMILES string of the molecule is CCOC(=O)CCn1c(=O)oc2cc(CC(=O)N(C)c3ccccc3)ccc21. The van der Waals surface area contributed by atoms with Crippen molar-refractivity contribution in [1.82, 2.24) is 4.57 Å². The average Bonchev–Trinajstić information content (AvgIpc) is 3.01. The molecule has 7 heteroatoms. The summed E-state index contributed by atoms with van der Waals surface area (Å²) < 4.78 is 11.6. The number of fused-ring (bicyclic) bond motifs is 1. The highest BCUT2D eigenvalue weighted by Crippen LogP contribution is 2.18. The lowest BCUT2D eigenvalue weighted by Gasteiger charge is -2.17. The Morgan fingerprint density at radius 3 is 2.61 bits per heavy atom. The molecule has 7 nitrogen and oxygen atoms in total. The highest BCUT2D eigenvalue weighted by molar-refractivity contribution is 5.94. The normalized spacial score (nSPS) is 10.8. The number of hydrogen-bond donors (Lipinski definition) is 0. The van der Waals surface area contributed by atoms with Gasteiger partial charge in [0, 0.05) is 19.3 Å². The van der Waals surface area contributed by atoms with E-state index in [1.165, 1.54) is 4.57 Å². The second kappa shape index (κ2) is 8.56. The van der Waals surface area contributed by atoms with Crippen LogP contribution in [0.25, 0.3) is 11.1 Å². The molecule has 0 radical (unpaired) electrons. The van der Waals surface area contributed by atoms with E-state index in [0.717, 1.165) is 11.3 Å². The molecule has 28 heavy (non-hydrogen) atoms. The van der Waals surface area contributed by atoms with Crippen LogP contribution in [0.15, 0.2) is 57.7 Å².